The number of para-hydroxylation sites is 1. The van der Waals surface area contributed by atoms with Gasteiger partial charge >= 0.3 is 0 Å². The summed E-state index contributed by atoms with van der Waals surface area (Å²) in [5.74, 6) is 0.714. The smallest absolute Gasteiger partial charge is 0.257 e. The maximum atomic E-state index is 12.9. The molecule has 0 atom stereocenters. The molecule has 1 amide bonds. The third kappa shape index (κ3) is 6.36. The van der Waals surface area contributed by atoms with Crippen molar-refractivity contribution in [1.29, 1.82) is 0 Å². The molecule has 0 aliphatic carbocycles. The molecule has 0 saturated carbocycles. The molecule has 0 unspecified atom stereocenters. The lowest BCUT2D eigenvalue weighted by atomic mass is 10.1. The Hall–Kier alpha value is -3.54. The van der Waals surface area contributed by atoms with Gasteiger partial charge in [-0.25, -0.2) is 0 Å². The molecule has 1 heterocycles. The number of benzene rings is 2. The van der Waals surface area contributed by atoms with Crippen LogP contribution in [0.25, 0.3) is 0 Å². The molecular weight excluding hydrogens is 448 g/mol. The fraction of sp³-hybridized carbons (Fsp3) is 0.400. The number of anilines is 2. The Labute approximate surface area is 216 Å². The molecule has 0 saturated heterocycles. The van der Waals surface area contributed by atoms with E-state index in [0.717, 1.165) is 47.9 Å². The van der Waals surface area contributed by atoms with Crippen LogP contribution in [0.3, 0.4) is 0 Å². The number of fused-ring (bicyclic) bond motifs is 1. The molecule has 2 aromatic rings. The minimum absolute atomic E-state index is 0.154. The highest BCUT2D eigenvalue weighted by molar-refractivity contribution is 6.03. The number of likely N-dealkylation sites (N-methyl/N-ethyl adjacent to an activating group) is 1. The van der Waals surface area contributed by atoms with Crippen LogP contribution >= 0.6 is 0 Å². The summed E-state index contributed by atoms with van der Waals surface area (Å²) in [5, 5.41) is 2.98. The monoisotopic (exact) mass is 488 g/mol. The van der Waals surface area contributed by atoms with E-state index in [4.69, 9.17) is 9.73 Å². The molecule has 6 nitrogen and oxygen atoms in total. The summed E-state index contributed by atoms with van der Waals surface area (Å²) < 4.78 is 5.75. The van der Waals surface area contributed by atoms with E-state index >= 15 is 0 Å². The van der Waals surface area contributed by atoms with Crippen molar-refractivity contribution >= 4 is 23.0 Å². The Bertz CT molecular complexity index is 1140. The van der Waals surface area contributed by atoms with Crippen LogP contribution in [-0.4, -0.2) is 38.4 Å². The van der Waals surface area contributed by atoms with E-state index in [9.17, 15) is 4.79 Å². The van der Waals surface area contributed by atoms with Crippen molar-refractivity contribution in [2.24, 2.45) is 4.99 Å². The Morgan fingerprint density at radius 2 is 1.92 bits per heavy atom. The average Bonchev–Trinajstić information content (AvgIpc) is 2.99. The average molecular weight is 489 g/mol. The lowest BCUT2D eigenvalue weighted by Crippen LogP contribution is -2.25. The molecular formula is C30H40N4O2. The van der Waals surface area contributed by atoms with Gasteiger partial charge in [0.15, 0.2) is 0 Å². The molecule has 0 spiro atoms. The number of aliphatic imine (C=N–C) groups is 1. The fourth-order valence-electron chi connectivity index (χ4n) is 4.48. The van der Waals surface area contributed by atoms with E-state index in [-0.39, 0.29) is 5.91 Å². The highest BCUT2D eigenvalue weighted by Gasteiger charge is 2.24. The standard InChI is InChI=1S/C30H40N4O2/c1-7-10-18-33(17-8-2)25-16-15-24(29(20-25)36-6)19-22(4)31-21-27-23(5)34(9-3)28-14-12-11-13-26(28)30(35)32-27/h11-16,20-21H,5,7-10,17-19H2,1-4,6H3,(H,32,35)/b27-21+,31-22?. The number of rotatable bonds is 11. The molecule has 36 heavy (non-hydrogen) atoms. The largest absolute Gasteiger partial charge is 0.496 e. The summed E-state index contributed by atoms with van der Waals surface area (Å²) in [4.78, 5) is 22.0. The van der Waals surface area contributed by atoms with E-state index in [0.29, 0.717) is 24.2 Å². The van der Waals surface area contributed by atoms with Gasteiger partial charge in [-0.3, -0.25) is 9.79 Å². The Kier molecular flexibility index (Phi) is 9.74. The lowest BCUT2D eigenvalue weighted by Gasteiger charge is -2.25. The Balaban J connectivity index is 1.82. The van der Waals surface area contributed by atoms with Gasteiger partial charge in [-0.15, -0.1) is 0 Å². The van der Waals surface area contributed by atoms with Gasteiger partial charge in [0, 0.05) is 43.5 Å². The van der Waals surface area contributed by atoms with Crippen molar-refractivity contribution in [1.82, 2.24) is 5.32 Å². The molecule has 1 aliphatic rings. The van der Waals surface area contributed by atoms with Crippen LogP contribution in [0.15, 0.2) is 71.6 Å². The van der Waals surface area contributed by atoms with Gasteiger partial charge in [0.05, 0.1) is 36.0 Å². The summed E-state index contributed by atoms with van der Waals surface area (Å²) >= 11 is 0. The molecule has 3 rings (SSSR count). The number of nitrogens with one attached hydrogen (secondary N) is 1. The van der Waals surface area contributed by atoms with Crippen LogP contribution in [-0.2, 0) is 6.42 Å². The minimum atomic E-state index is -0.154. The first-order valence-corrected chi connectivity index (χ1v) is 13.0. The quantitative estimate of drug-likeness (QED) is 0.375. The molecule has 6 heteroatoms. The van der Waals surface area contributed by atoms with Gasteiger partial charge in [-0.1, -0.05) is 45.0 Å². The Morgan fingerprint density at radius 3 is 2.61 bits per heavy atom. The predicted molar refractivity (Wildman–Crippen MR) is 151 cm³/mol. The number of ether oxygens (including phenoxy) is 1. The van der Waals surface area contributed by atoms with Crippen molar-refractivity contribution in [2.45, 2.75) is 53.4 Å². The predicted octanol–water partition coefficient (Wildman–Crippen LogP) is 6.34. The van der Waals surface area contributed by atoms with E-state index in [1.54, 1.807) is 13.3 Å². The summed E-state index contributed by atoms with van der Waals surface area (Å²) in [6.07, 6.45) is 5.81. The van der Waals surface area contributed by atoms with E-state index in [1.165, 1.54) is 18.5 Å². The first kappa shape index (κ1) is 27.1. The zero-order chi connectivity index (χ0) is 26.1. The Morgan fingerprint density at radius 1 is 1.14 bits per heavy atom. The van der Waals surface area contributed by atoms with Crippen LogP contribution in [0, 0.1) is 0 Å². The maximum Gasteiger partial charge on any atom is 0.257 e. The van der Waals surface area contributed by atoms with E-state index in [1.807, 2.05) is 43.0 Å². The molecule has 1 aliphatic heterocycles. The van der Waals surface area contributed by atoms with Gasteiger partial charge in [0.2, 0.25) is 0 Å². The summed E-state index contributed by atoms with van der Waals surface area (Å²) in [6.45, 7) is 15.5. The highest BCUT2D eigenvalue weighted by atomic mass is 16.5. The molecule has 0 aromatic heterocycles. The molecule has 1 N–H and O–H groups in total. The number of hydrogen-bond acceptors (Lipinski definition) is 5. The van der Waals surface area contributed by atoms with Gasteiger partial charge in [-0.2, -0.15) is 0 Å². The molecule has 0 fully saturated rings. The number of nitrogens with zero attached hydrogens (tertiary/aromatic N) is 3. The second kappa shape index (κ2) is 13.0. The summed E-state index contributed by atoms with van der Waals surface area (Å²) in [7, 11) is 1.72. The summed E-state index contributed by atoms with van der Waals surface area (Å²) in [6, 6.07) is 14.0. The van der Waals surface area contributed by atoms with Crippen molar-refractivity contribution in [3.05, 3.63) is 77.8 Å². The van der Waals surface area contributed by atoms with E-state index < -0.39 is 0 Å². The topological polar surface area (TPSA) is 57.2 Å². The van der Waals surface area contributed by atoms with Crippen molar-refractivity contribution < 1.29 is 9.53 Å². The maximum absolute atomic E-state index is 12.9. The SMILES string of the molecule is C=C1/C(=C\N=C(C)Cc2ccc(N(CCC)CCCC)cc2OC)NC(=O)c2ccccc2N1CC. The highest BCUT2D eigenvalue weighted by Crippen LogP contribution is 2.30. The van der Waals surface area contributed by atoms with Crippen LogP contribution in [0.4, 0.5) is 11.4 Å². The summed E-state index contributed by atoms with van der Waals surface area (Å²) in [5.41, 5.74) is 6.00. The van der Waals surface area contributed by atoms with Crippen LogP contribution in [0.1, 0.15) is 62.9 Å². The van der Waals surface area contributed by atoms with E-state index in [2.05, 4.69) is 48.8 Å². The lowest BCUT2D eigenvalue weighted by molar-refractivity contribution is 0.0968. The first-order chi connectivity index (χ1) is 17.4. The number of amides is 1. The number of hydrogen-bond donors (Lipinski definition) is 1. The van der Waals surface area contributed by atoms with Gasteiger partial charge in [-0.05, 0) is 50.5 Å². The van der Waals surface area contributed by atoms with Crippen LogP contribution in [0.2, 0.25) is 0 Å². The van der Waals surface area contributed by atoms with Crippen LogP contribution < -0.4 is 19.9 Å². The molecule has 0 radical (unpaired) electrons. The number of carbonyl (C=O) groups is 1. The third-order valence-electron chi connectivity index (χ3n) is 6.41. The normalized spacial score (nSPS) is 15.0. The number of carbonyl (C=O) groups excluding carboxylic acids is 1. The van der Waals surface area contributed by atoms with Crippen molar-refractivity contribution in [2.75, 3.05) is 36.5 Å². The molecule has 192 valence electrons. The van der Waals surface area contributed by atoms with Crippen LogP contribution in [0.5, 0.6) is 5.75 Å². The zero-order valence-corrected chi connectivity index (χ0v) is 22.4. The first-order valence-electron chi connectivity index (χ1n) is 13.0. The number of methoxy groups -OCH3 is 1. The fourth-order valence-corrected chi connectivity index (χ4v) is 4.48. The number of unbranched alkanes of at least 4 members (excludes halogenated alkanes) is 1. The molecule has 0 bridgehead atoms. The second-order valence-corrected chi connectivity index (χ2v) is 9.08. The third-order valence-corrected chi connectivity index (χ3v) is 6.41. The zero-order valence-electron chi connectivity index (χ0n) is 22.4. The van der Waals surface area contributed by atoms with Gasteiger partial charge in [0.1, 0.15) is 5.75 Å². The minimum Gasteiger partial charge on any atom is -0.496 e. The molecule has 2 aromatic carbocycles. The van der Waals surface area contributed by atoms with Gasteiger partial charge < -0.3 is 19.9 Å². The second-order valence-electron chi connectivity index (χ2n) is 9.08. The van der Waals surface area contributed by atoms with Gasteiger partial charge in [0.25, 0.3) is 5.91 Å². The van der Waals surface area contributed by atoms with Crippen molar-refractivity contribution in [3.8, 4) is 5.75 Å². The van der Waals surface area contributed by atoms with Crippen molar-refractivity contribution in [3.63, 3.8) is 0 Å².